The normalized spacial score (nSPS) is 25.8. The summed E-state index contributed by atoms with van der Waals surface area (Å²) in [5.74, 6) is -0.0710. The molecule has 1 N–H and O–H groups in total. The minimum absolute atomic E-state index is 0.668. The molecule has 1 aromatic heterocycles. The van der Waals surface area contributed by atoms with Gasteiger partial charge in [0.25, 0.3) is 0 Å². The van der Waals surface area contributed by atoms with E-state index in [0.29, 0.717) is 12.2 Å². The highest BCUT2D eigenvalue weighted by molar-refractivity contribution is 7.09. The molecule has 0 spiro atoms. The Morgan fingerprint density at radius 2 is 2.31 bits per heavy atom. The van der Waals surface area contributed by atoms with Gasteiger partial charge in [-0.15, -0.1) is 0 Å². The summed E-state index contributed by atoms with van der Waals surface area (Å²) in [5, 5.41) is 10.1. The van der Waals surface area contributed by atoms with E-state index in [4.69, 9.17) is 0 Å². The molecule has 0 aliphatic carbocycles. The molecule has 6 heteroatoms. The number of carbonyl (C=O) groups is 1. The lowest BCUT2D eigenvalue weighted by atomic mass is 9.89. The first-order valence-electron chi connectivity index (χ1n) is 5.35. The molecule has 1 saturated heterocycles. The zero-order valence-corrected chi connectivity index (χ0v) is 10.3. The number of carboxylic acids is 1. The maximum Gasteiger partial charge on any atom is 0.329 e. The molecule has 0 radical (unpaired) electrons. The minimum atomic E-state index is -0.829. The van der Waals surface area contributed by atoms with Crippen LogP contribution in [0.3, 0.4) is 0 Å². The summed E-state index contributed by atoms with van der Waals surface area (Å²) in [5.41, 5.74) is -0.829. The van der Waals surface area contributed by atoms with Crippen molar-refractivity contribution >= 4 is 22.6 Å². The van der Waals surface area contributed by atoms with Gasteiger partial charge in [0.05, 0.1) is 0 Å². The average molecular weight is 241 g/mol. The lowest BCUT2D eigenvalue weighted by molar-refractivity contribution is -0.143. The molecular formula is C10H15N3O2S. The highest BCUT2D eigenvalue weighted by Crippen LogP contribution is 2.33. The third-order valence-electron chi connectivity index (χ3n) is 3.10. The van der Waals surface area contributed by atoms with Crippen LogP contribution in [0.15, 0.2) is 0 Å². The monoisotopic (exact) mass is 241 g/mol. The molecule has 0 amide bonds. The largest absolute Gasteiger partial charge is 0.480 e. The number of nitrogens with zero attached hydrogens (tertiary/aromatic N) is 3. The van der Waals surface area contributed by atoms with Crippen molar-refractivity contribution in [1.82, 2.24) is 9.36 Å². The third-order valence-corrected chi connectivity index (χ3v) is 3.93. The Morgan fingerprint density at radius 3 is 2.88 bits per heavy atom. The zero-order chi connectivity index (χ0) is 11.8. The van der Waals surface area contributed by atoms with Crippen LogP contribution < -0.4 is 4.90 Å². The van der Waals surface area contributed by atoms with Crippen molar-refractivity contribution in [2.75, 3.05) is 11.4 Å². The zero-order valence-electron chi connectivity index (χ0n) is 9.43. The maximum atomic E-state index is 11.4. The molecule has 0 saturated carbocycles. The van der Waals surface area contributed by atoms with Crippen LogP contribution in [0.2, 0.25) is 0 Å². The van der Waals surface area contributed by atoms with E-state index in [-0.39, 0.29) is 0 Å². The number of hydrogen-bond donors (Lipinski definition) is 1. The van der Waals surface area contributed by atoms with Crippen LogP contribution in [0.25, 0.3) is 0 Å². The first-order valence-corrected chi connectivity index (χ1v) is 6.13. The summed E-state index contributed by atoms with van der Waals surface area (Å²) in [7, 11) is 0. The van der Waals surface area contributed by atoms with Crippen molar-refractivity contribution in [2.24, 2.45) is 0 Å². The van der Waals surface area contributed by atoms with Crippen molar-refractivity contribution in [3.05, 3.63) is 5.82 Å². The van der Waals surface area contributed by atoms with Crippen LogP contribution in [0, 0.1) is 6.92 Å². The van der Waals surface area contributed by atoms with Crippen molar-refractivity contribution in [3.63, 3.8) is 0 Å². The van der Waals surface area contributed by atoms with Crippen LogP contribution in [0.1, 0.15) is 32.0 Å². The predicted molar refractivity (Wildman–Crippen MR) is 61.9 cm³/mol. The number of aromatic nitrogens is 2. The Hall–Kier alpha value is -1.17. The summed E-state index contributed by atoms with van der Waals surface area (Å²) in [6.45, 7) is 4.34. The first kappa shape index (κ1) is 11.3. The van der Waals surface area contributed by atoms with E-state index >= 15 is 0 Å². The molecule has 16 heavy (non-hydrogen) atoms. The Kier molecular flexibility index (Phi) is 2.84. The molecule has 88 valence electrons. The van der Waals surface area contributed by atoms with Crippen LogP contribution in [-0.4, -0.2) is 32.5 Å². The highest BCUT2D eigenvalue weighted by Gasteiger charge is 2.42. The summed E-state index contributed by atoms with van der Waals surface area (Å²) >= 11 is 1.28. The summed E-state index contributed by atoms with van der Waals surface area (Å²) < 4.78 is 4.11. The second-order valence-corrected chi connectivity index (χ2v) is 5.04. The third kappa shape index (κ3) is 1.77. The van der Waals surface area contributed by atoms with E-state index in [1.165, 1.54) is 11.5 Å². The van der Waals surface area contributed by atoms with Gasteiger partial charge < -0.3 is 10.0 Å². The maximum absolute atomic E-state index is 11.4. The van der Waals surface area contributed by atoms with Gasteiger partial charge in [-0.25, -0.2) is 9.78 Å². The van der Waals surface area contributed by atoms with Crippen molar-refractivity contribution in [2.45, 2.75) is 38.6 Å². The number of aliphatic carboxylic acids is 1. The molecular weight excluding hydrogens is 226 g/mol. The van der Waals surface area contributed by atoms with Crippen LogP contribution in [-0.2, 0) is 4.79 Å². The number of hydrogen-bond acceptors (Lipinski definition) is 5. The number of aryl methyl sites for hydroxylation is 1. The molecule has 5 nitrogen and oxygen atoms in total. The Labute approximate surface area is 98.3 Å². The fourth-order valence-corrected chi connectivity index (χ4v) is 2.86. The first-order chi connectivity index (χ1) is 7.54. The fourth-order valence-electron chi connectivity index (χ4n) is 2.05. The summed E-state index contributed by atoms with van der Waals surface area (Å²) in [4.78, 5) is 17.5. The molecule has 1 unspecified atom stereocenters. The number of piperidine rings is 1. The van der Waals surface area contributed by atoms with Crippen molar-refractivity contribution < 1.29 is 9.90 Å². The molecule has 1 fully saturated rings. The smallest absolute Gasteiger partial charge is 0.329 e. The van der Waals surface area contributed by atoms with Gasteiger partial charge in [-0.05, 0) is 33.1 Å². The Balaban J connectivity index is 2.33. The van der Waals surface area contributed by atoms with E-state index in [1.54, 1.807) is 6.92 Å². The van der Waals surface area contributed by atoms with E-state index in [9.17, 15) is 9.90 Å². The van der Waals surface area contributed by atoms with Crippen molar-refractivity contribution in [1.29, 1.82) is 0 Å². The SMILES string of the molecule is Cc1nsc(N2CCCCC2(C)C(=O)O)n1. The van der Waals surface area contributed by atoms with E-state index in [0.717, 1.165) is 24.5 Å². The lowest BCUT2D eigenvalue weighted by Gasteiger charge is -2.41. The van der Waals surface area contributed by atoms with Crippen molar-refractivity contribution in [3.8, 4) is 0 Å². The molecule has 2 rings (SSSR count). The van der Waals surface area contributed by atoms with Crippen LogP contribution >= 0.6 is 11.5 Å². The fraction of sp³-hybridized carbons (Fsp3) is 0.700. The second kappa shape index (κ2) is 4.01. The van der Waals surface area contributed by atoms with E-state index in [1.807, 2.05) is 11.8 Å². The quantitative estimate of drug-likeness (QED) is 0.853. The molecule has 0 aromatic carbocycles. The Morgan fingerprint density at radius 1 is 1.56 bits per heavy atom. The molecule has 1 aliphatic rings. The summed E-state index contributed by atoms with van der Waals surface area (Å²) in [6, 6.07) is 0. The number of anilines is 1. The molecule has 1 aliphatic heterocycles. The number of rotatable bonds is 2. The second-order valence-electron chi connectivity index (χ2n) is 4.31. The van der Waals surface area contributed by atoms with Gasteiger partial charge in [0.2, 0.25) is 5.13 Å². The van der Waals surface area contributed by atoms with Gasteiger partial charge in [0, 0.05) is 18.1 Å². The standard InChI is InChI=1S/C10H15N3O2S/c1-7-11-9(16-12-7)13-6-4-3-5-10(13,2)8(14)15/h3-6H2,1-2H3,(H,14,15). The van der Waals surface area contributed by atoms with Gasteiger partial charge in [-0.3, -0.25) is 0 Å². The molecule has 1 atom stereocenters. The minimum Gasteiger partial charge on any atom is -0.480 e. The van der Waals surface area contributed by atoms with Gasteiger partial charge in [-0.2, -0.15) is 4.37 Å². The van der Waals surface area contributed by atoms with E-state index < -0.39 is 11.5 Å². The lowest BCUT2D eigenvalue weighted by Crippen LogP contribution is -2.55. The average Bonchev–Trinajstić information content (AvgIpc) is 2.65. The number of carboxylic acid groups (broad SMARTS) is 1. The molecule has 2 heterocycles. The van der Waals surface area contributed by atoms with Crippen LogP contribution in [0.4, 0.5) is 5.13 Å². The highest BCUT2D eigenvalue weighted by atomic mass is 32.1. The topological polar surface area (TPSA) is 66.3 Å². The molecule has 1 aromatic rings. The van der Waals surface area contributed by atoms with Gasteiger partial charge in [0.15, 0.2) is 0 Å². The van der Waals surface area contributed by atoms with Crippen LogP contribution in [0.5, 0.6) is 0 Å². The van der Waals surface area contributed by atoms with Gasteiger partial charge >= 0.3 is 5.97 Å². The summed E-state index contributed by atoms with van der Waals surface area (Å²) in [6.07, 6.45) is 2.64. The predicted octanol–water partition coefficient (Wildman–Crippen LogP) is 1.68. The van der Waals surface area contributed by atoms with E-state index in [2.05, 4.69) is 9.36 Å². The molecule has 0 bridgehead atoms. The van der Waals surface area contributed by atoms with Gasteiger partial charge in [-0.1, -0.05) is 0 Å². The Bertz CT molecular complexity index is 407. The van der Waals surface area contributed by atoms with Gasteiger partial charge in [0.1, 0.15) is 11.4 Å².